The highest BCUT2D eigenvalue weighted by Crippen LogP contribution is 2.32. The molecule has 0 bridgehead atoms. The fourth-order valence-corrected chi connectivity index (χ4v) is 2.20. The zero-order valence-corrected chi connectivity index (χ0v) is 12.6. The van der Waals surface area contributed by atoms with Crippen LogP contribution < -0.4 is 5.73 Å². The van der Waals surface area contributed by atoms with Gasteiger partial charge in [-0.15, -0.1) is 0 Å². The van der Waals surface area contributed by atoms with E-state index in [-0.39, 0.29) is 12.0 Å². The van der Waals surface area contributed by atoms with Crippen molar-refractivity contribution in [3.63, 3.8) is 0 Å². The zero-order chi connectivity index (χ0) is 14.1. The Bertz CT molecular complexity index is 307. The molecule has 0 spiro atoms. The molecule has 4 nitrogen and oxygen atoms in total. The van der Waals surface area contributed by atoms with Crippen LogP contribution in [0.15, 0.2) is 0 Å². The van der Waals surface area contributed by atoms with E-state index in [0.717, 1.165) is 13.0 Å². The maximum Gasteiger partial charge on any atom is 0.230 e. The minimum Gasteiger partial charge on any atom is -0.379 e. The Morgan fingerprint density at radius 3 is 2.33 bits per heavy atom. The van der Waals surface area contributed by atoms with Gasteiger partial charge in [-0.25, -0.2) is 0 Å². The molecule has 2 N–H and O–H groups in total. The molecule has 0 aromatic rings. The van der Waals surface area contributed by atoms with Gasteiger partial charge in [0.1, 0.15) is 0 Å². The summed E-state index contributed by atoms with van der Waals surface area (Å²) in [4.78, 5) is 14.5. The van der Waals surface area contributed by atoms with E-state index < -0.39 is 11.0 Å². The molecule has 2 unspecified atom stereocenters. The van der Waals surface area contributed by atoms with Crippen LogP contribution in [0.1, 0.15) is 41.0 Å². The number of ether oxygens (including phenoxy) is 1. The molecular weight excluding hydrogens is 228 g/mol. The molecule has 1 aliphatic rings. The van der Waals surface area contributed by atoms with Crippen LogP contribution in [0, 0.1) is 11.3 Å². The lowest BCUT2D eigenvalue weighted by Gasteiger charge is -2.44. The van der Waals surface area contributed by atoms with Crippen molar-refractivity contribution in [2.24, 2.45) is 17.1 Å². The third kappa shape index (κ3) is 2.86. The second kappa shape index (κ2) is 5.17. The Balaban J connectivity index is 2.80. The van der Waals surface area contributed by atoms with Gasteiger partial charge < -0.3 is 15.4 Å². The molecule has 1 rings (SSSR count). The number of rotatable bonds is 3. The van der Waals surface area contributed by atoms with E-state index in [1.165, 1.54) is 0 Å². The van der Waals surface area contributed by atoms with Crippen LogP contribution >= 0.6 is 0 Å². The van der Waals surface area contributed by atoms with E-state index >= 15 is 0 Å². The Morgan fingerprint density at radius 2 is 1.89 bits per heavy atom. The van der Waals surface area contributed by atoms with Crippen LogP contribution in [-0.4, -0.2) is 42.6 Å². The summed E-state index contributed by atoms with van der Waals surface area (Å²) in [6.45, 7) is 11.3. The summed E-state index contributed by atoms with van der Waals surface area (Å²) in [5.74, 6) is 0.636. The first kappa shape index (κ1) is 15.4. The van der Waals surface area contributed by atoms with E-state index in [1.807, 2.05) is 32.6 Å². The van der Waals surface area contributed by atoms with E-state index in [9.17, 15) is 4.79 Å². The lowest BCUT2D eigenvalue weighted by atomic mass is 9.73. The van der Waals surface area contributed by atoms with Crippen molar-refractivity contribution < 1.29 is 9.53 Å². The summed E-state index contributed by atoms with van der Waals surface area (Å²) >= 11 is 0. The number of nitrogens with zero attached hydrogens (tertiary/aromatic N) is 1. The van der Waals surface area contributed by atoms with E-state index in [2.05, 4.69) is 6.92 Å². The van der Waals surface area contributed by atoms with Crippen molar-refractivity contribution >= 4 is 5.91 Å². The van der Waals surface area contributed by atoms with E-state index in [0.29, 0.717) is 12.5 Å². The van der Waals surface area contributed by atoms with Crippen molar-refractivity contribution in [2.75, 3.05) is 20.2 Å². The van der Waals surface area contributed by atoms with Gasteiger partial charge in [0.25, 0.3) is 0 Å². The van der Waals surface area contributed by atoms with Crippen LogP contribution in [0.5, 0.6) is 0 Å². The first-order valence-corrected chi connectivity index (χ1v) is 6.72. The number of likely N-dealkylation sites (tertiary alicyclic amines) is 1. The topological polar surface area (TPSA) is 55.6 Å². The first-order chi connectivity index (χ1) is 8.11. The second-order valence-corrected chi connectivity index (χ2v) is 6.64. The molecule has 2 atom stereocenters. The summed E-state index contributed by atoms with van der Waals surface area (Å²) < 4.78 is 5.46. The van der Waals surface area contributed by atoms with Crippen LogP contribution in [0.4, 0.5) is 0 Å². The highest BCUT2D eigenvalue weighted by atomic mass is 16.5. The average Bonchev–Trinajstić information content (AvgIpc) is 2.27. The summed E-state index contributed by atoms with van der Waals surface area (Å²) in [6.07, 6.45) is 1.13. The number of nitrogens with two attached hydrogens (primary N) is 1. The van der Waals surface area contributed by atoms with E-state index in [1.54, 1.807) is 7.11 Å². The van der Waals surface area contributed by atoms with Gasteiger partial charge in [-0.2, -0.15) is 0 Å². The number of hydrogen-bond donors (Lipinski definition) is 1. The normalized spacial score (nSPS) is 26.3. The summed E-state index contributed by atoms with van der Waals surface area (Å²) in [6, 6.07) is 0. The predicted octanol–water partition coefficient (Wildman–Crippen LogP) is 1.63. The van der Waals surface area contributed by atoms with Crippen molar-refractivity contribution in [3.8, 4) is 0 Å². The fourth-order valence-electron chi connectivity index (χ4n) is 2.20. The molecule has 1 aliphatic heterocycles. The Hall–Kier alpha value is -0.610. The van der Waals surface area contributed by atoms with Gasteiger partial charge in [0.05, 0.1) is 11.5 Å². The van der Waals surface area contributed by atoms with Gasteiger partial charge in [0.15, 0.2) is 0 Å². The quantitative estimate of drug-likeness (QED) is 0.835. The minimum atomic E-state index is -0.564. The highest BCUT2D eigenvalue weighted by molar-refractivity contribution is 5.83. The van der Waals surface area contributed by atoms with Crippen molar-refractivity contribution in [3.05, 3.63) is 0 Å². The lowest BCUT2D eigenvalue weighted by Crippen LogP contribution is -2.59. The number of hydrogen-bond acceptors (Lipinski definition) is 3. The number of methoxy groups -OCH3 is 1. The number of carbonyl (C=O) groups is 1. The molecule has 106 valence electrons. The molecule has 4 heteroatoms. The molecule has 1 amide bonds. The zero-order valence-electron chi connectivity index (χ0n) is 12.6. The van der Waals surface area contributed by atoms with E-state index in [4.69, 9.17) is 10.5 Å². The summed E-state index contributed by atoms with van der Waals surface area (Å²) in [7, 11) is 1.72. The van der Waals surface area contributed by atoms with Crippen LogP contribution in [0.25, 0.3) is 0 Å². The molecule has 0 aliphatic carbocycles. The fraction of sp³-hybridized carbons (Fsp3) is 0.929. The number of amides is 1. The molecule has 18 heavy (non-hydrogen) atoms. The lowest BCUT2D eigenvalue weighted by molar-refractivity contribution is -0.148. The largest absolute Gasteiger partial charge is 0.379 e. The molecule has 0 aromatic heterocycles. The van der Waals surface area contributed by atoms with Gasteiger partial charge in [-0.05, 0) is 40.0 Å². The van der Waals surface area contributed by atoms with Crippen LogP contribution in [0.2, 0.25) is 0 Å². The third-order valence-corrected chi connectivity index (χ3v) is 4.62. The van der Waals surface area contributed by atoms with Gasteiger partial charge >= 0.3 is 0 Å². The first-order valence-electron chi connectivity index (χ1n) is 6.72. The molecular formula is C14H28N2O2. The van der Waals surface area contributed by atoms with Crippen molar-refractivity contribution in [2.45, 2.75) is 52.7 Å². The molecule has 0 aromatic carbocycles. The average molecular weight is 256 g/mol. The number of piperidine rings is 1. The smallest absolute Gasteiger partial charge is 0.230 e. The molecule has 0 radical (unpaired) electrons. The molecule has 0 saturated carbocycles. The Morgan fingerprint density at radius 1 is 1.33 bits per heavy atom. The molecule has 1 heterocycles. The monoisotopic (exact) mass is 256 g/mol. The Kier molecular flexibility index (Phi) is 4.44. The maximum absolute atomic E-state index is 12.6. The standard InChI is InChI=1S/C14H28N2O2/c1-10-7-8-16(9-11(10)18-6)12(17)13(2,3)14(4,5)15/h10-11H,7-9,15H2,1-6H3. The maximum atomic E-state index is 12.6. The second-order valence-electron chi connectivity index (χ2n) is 6.64. The van der Waals surface area contributed by atoms with Gasteiger partial charge in [0.2, 0.25) is 5.91 Å². The molecule has 1 saturated heterocycles. The minimum absolute atomic E-state index is 0.129. The SMILES string of the molecule is COC1CN(C(=O)C(C)(C)C(C)(C)N)CCC1C. The molecule has 1 fully saturated rings. The van der Waals surface area contributed by atoms with Crippen LogP contribution in [0.3, 0.4) is 0 Å². The van der Waals surface area contributed by atoms with Crippen molar-refractivity contribution in [1.29, 1.82) is 0 Å². The van der Waals surface area contributed by atoms with Crippen molar-refractivity contribution in [1.82, 2.24) is 4.90 Å². The van der Waals surface area contributed by atoms with Gasteiger partial charge in [-0.1, -0.05) is 6.92 Å². The van der Waals surface area contributed by atoms with Gasteiger partial charge in [-0.3, -0.25) is 4.79 Å². The summed E-state index contributed by atoms with van der Waals surface area (Å²) in [5.41, 5.74) is 5.04. The van der Waals surface area contributed by atoms with Gasteiger partial charge in [0, 0.05) is 25.7 Å². The third-order valence-electron chi connectivity index (χ3n) is 4.62. The highest BCUT2D eigenvalue weighted by Gasteiger charge is 2.44. The Labute approximate surface area is 111 Å². The number of carbonyl (C=O) groups excluding carboxylic acids is 1. The van der Waals surface area contributed by atoms with Crippen LogP contribution in [-0.2, 0) is 9.53 Å². The summed E-state index contributed by atoms with van der Waals surface area (Å²) in [5, 5.41) is 0. The predicted molar refractivity (Wildman–Crippen MR) is 73.2 cm³/mol.